The number of nitro benzene ring substituents is 1. The van der Waals surface area contributed by atoms with Gasteiger partial charge in [-0.25, -0.2) is 9.78 Å². The number of aromatic nitrogens is 1. The summed E-state index contributed by atoms with van der Waals surface area (Å²) < 4.78 is 47.7. The van der Waals surface area contributed by atoms with Gasteiger partial charge in [0.25, 0.3) is 0 Å². The average molecular weight is 342 g/mol. The highest BCUT2D eigenvalue weighted by Crippen LogP contribution is 2.38. The SMILES string of the molecule is COC(=O)c1ncccc1Oc1ccc(C(F)(F)F)cc1[N+](=O)[O-]. The lowest BCUT2D eigenvalue weighted by molar-refractivity contribution is -0.385. The van der Waals surface area contributed by atoms with E-state index in [1.165, 1.54) is 18.3 Å². The monoisotopic (exact) mass is 342 g/mol. The van der Waals surface area contributed by atoms with Crippen molar-refractivity contribution in [3.63, 3.8) is 0 Å². The number of alkyl halides is 3. The van der Waals surface area contributed by atoms with Crippen LogP contribution in [0.2, 0.25) is 0 Å². The van der Waals surface area contributed by atoms with Gasteiger partial charge in [-0.3, -0.25) is 10.1 Å². The van der Waals surface area contributed by atoms with E-state index in [1.54, 1.807) is 0 Å². The molecule has 2 aromatic rings. The van der Waals surface area contributed by atoms with Gasteiger partial charge in [0.2, 0.25) is 5.75 Å². The normalized spacial score (nSPS) is 11.0. The number of ether oxygens (including phenoxy) is 2. The van der Waals surface area contributed by atoms with Crippen LogP contribution in [0.25, 0.3) is 0 Å². The number of methoxy groups -OCH3 is 1. The Morgan fingerprint density at radius 2 is 1.96 bits per heavy atom. The number of carbonyl (C=O) groups excluding carboxylic acids is 1. The van der Waals surface area contributed by atoms with Crippen LogP contribution >= 0.6 is 0 Å². The molecule has 0 aliphatic carbocycles. The van der Waals surface area contributed by atoms with Crippen molar-refractivity contribution in [3.05, 3.63) is 57.9 Å². The Bertz CT molecular complexity index is 792. The minimum Gasteiger partial charge on any atom is -0.464 e. The molecule has 126 valence electrons. The molecule has 0 unspecified atom stereocenters. The molecule has 0 saturated carbocycles. The van der Waals surface area contributed by atoms with E-state index in [0.717, 1.165) is 13.2 Å². The van der Waals surface area contributed by atoms with Crippen molar-refractivity contribution in [1.82, 2.24) is 4.98 Å². The lowest BCUT2D eigenvalue weighted by Gasteiger charge is -2.11. The third-order valence-electron chi connectivity index (χ3n) is 2.85. The Kier molecular flexibility index (Phi) is 4.67. The van der Waals surface area contributed by atoms with Crippen molar-refractivity contribution >= 4 is 11.7 Å². The third-order valence-corrected chi connectivity index (χ3v) is 2.85. The molecule has 1 aromatic heterocycles. The van der Waals surface area contributed by atoms with Crippen molar-refractivity contribution in [2.24, 2.45) is 0 Å². The molecular weight excluding hydrogens is 333 g/mol. The second kappa shape index (κ2) is 6.52. The van der Waals surface area contributed by atoms with Gasteiger partial charge in [0.15, 0.2) is 11.4 Å². The van der Waals surface area contributed by atoms with Gasteiger partial charge < -0.3 is 9.47 Å². The van der Waals surface area contributed by atoms with Crippen LogP contribution in [0.15, 0.2) is 36.5 Å². The van der Waals surface area contributed by atoms with Crippen molar-refractivity contribution in [1.29, 1.82) is 0 Å². The highest BCUT2D eigenvalue weighted by molar-refractivity contribution is 5.90. The first-order chi connectivity index (χ1) is 11.2. The van der Waals surface area contributed by atoms with Gasteiger partial charge in [-0.2, -0.15) is 13.2 Å². The van der Waals surface area contributed by atoms with E-state index in [4.69, 9.17) is 4.74 Å². The van der Waals surface area contributed by atoms with Crippen molar-refractivity contribution < 1.29 is 32.4 Å². The smallest absolute Gasteiger partial charge is 0.416 e. The number of halogens is 3. The molecule has 0 atom stereocenters. The van der Waals surface area contributed by atoms with Crippen molar-refractivity contribution in [3.8, 4) is 11.5 Å². The summed E-state index contributed by atoms with van der Waals surface area (Å²) in [6.45, 7) is 0. The Balaban J connectivity index is 2.48. The van der Waals surface area contributed by atoms with Gasteiger partial charge in [-0.05, 0) is 24.3 Å². The molecule has 24 heavy (non-hydrogen) atoms. The lowest BCUT2D eigenvalue weighted by Crippen LogP contribution is -2.08. The van der Waals surface area contributed by atoms with Gasteiger partial charge in [-0.1, -0.05) is 0 Å². The summed E-state index contributed by atoms with van der Waals surface area (Å²) in [5.74, 6) is -1.52. The Morgan fingerprint density at radius 3 is 2.54 bits per heavy atom. The Hall–Kier alpha value is -3.17. The van der Waals surface area contributed by atoms with E-state index >= 15 is 0 Å². The summed E-state index contributed by atoms with van der Waals surface area (Å²) >= 11 is 0. The Morgan fingerprint density at radius 1 is 1.25 bits per heavy atom. The van der Waals surface area contributed by atoms with Crippen molar-refractivity contribution in [2.75, 3.05) is 7.11 Å². The molecule has 0 aliphatic heterocycles. The molecule has 0 bridgehead atoms. The van der Waals surface area contributed by atoms with Crippen LogP contribution in [0.5, 0.6) is 11.5 Å². The zero-order valence-electron chi connectivity index (χ0n) is 12.0. The second-order valence-corrected chi connectivity index (χ2v) is 4.38. The number of nitro groups is 1. The molecule has 1 heterocycles. The van der Waals surface area contributed by atoms with Gasteiger partial charge in [0.05, 0.1) is 17.6 Å². The minimum atomic E-state index is -4.74. The van der Waals surface area contributed by atoms with Crippen LogP contribution in [0, 0.1) is 10.1 Å². The van der Waals surface area contributed by atoms with Gasteiger partial charge >= 0.3 is 17.8 Å². The van der Waals surface area contributed by atoms with Crippen LogP contribution in [0.4, 0.5) is 18.9 Å². The third kappa shape index (κ3) is 3.59. The fourth-order valence-electron chi connectivity index (χ4n) is 1.76. The number of esters is 1. The van der Waals surface area contributed by atoms with Crippen LogP contribution in [0.1, 0.15) is 16.1 Å². The van der Waals surface area contributed by atoms with Gasteiger partial charge in [-0.15, -0.1) is 0 Å². The molecule has 0 fully saturated rings. The molecule has 0 amide bonds. The van der Waals surface area contributed by atoms with E-state index in [1.807, 2.05) is 0 Å². The summed E-state index contributed by atoms with van der Waals surface area (Å²) in [5, 5.41) is 11.0. The summed E-state index contributed by atoms with van der Waals surface area (Å²) in [6, 6.07) is 4.45. The quantitative estimate of drug-likeness (QED) is 0.479. The molecule has 10 heteroatoms. The number of rotatable bonds is 4. The number of hydrogen-bond acceptors (Lipinski definition) is 6. The highest BCUT2D eigenvalue weighted by atomic mass is 19.4. The predicted molar refractivity (Wildman–Crippen MR) is 73.7 cm³/mol. The maximum Gasteiger partial charge on any atom is 0.416 e. The first-order valence-electron chi connectivity index (χ1n) is 6.31. The first kappa shape index (κ1) is 17.2. The summed E-state index contributed by atoms with van der Waals surface area (Å²) in [5.41, 5.74) is -2.36. The predicted octanol–water partition coefficient (Wildman–Crippen LogP) is 3.59. The number of pyridine rings is 1. The fraction of sp³-hybridized carbons (Fsp3) is 0.143. The molecule has 0 radical (unpaired) electrons. The molecule has 0 saturated heterocycles. The molecule has 7 nitrogen and oxygen atoms in total. The molecule has 0 N–H and O–H groups in total. The number of benzene rings is 1. The summed E-state index contributed by atoms with van der Waals surface area (Å²) in [6.07, 6.45) is -3.48. The van der Waals surface area contributed by atoms with E-state index in [9.17, 15) is 28.1 Å². The zero-order valence-corrected chi connectivity index (χ0v) is 12.0. The number of carbonyl (C=O) groups is 1. The largest absolute Gasteiger partial charge is 0.464 e. The van der Waals surface area contributed by atoms with E-state index in [2.05, 4.69) is 9.72 Å². The van der Waals surface area contributed by atoms with Crippen LogP contribution in [-0.2, 0) is 10.9 Å². The molecule has 2 rings (SSSR count). The maximum absolute atomic E-state index is 12.7. The average Bonchev–Trinajstić information content (AvgIpc) is 2.53. The van der Waals surface area contributed by atoms with Crippen LogP contribution in [0.3, 0.4) is 0 Å². The topological polar surface area (TPSA) is 91.6 Å². The van der Waals surface area contributed by atoms with Gasteiger partial charge in [0, 0.05) is 12.3 Å². The summed E-state index contributed by atoms with van der Waals surface area (Å²) in [7, 11) is 1.10. The molecule has 0 spiro atoms. The van der Waals surface area contributed by atoms with Crippen LogP contribution < -0.4 is 4.74 Å². The second-order valence-electron chi connectivity index (χ2n) is 4.38. The number of nitrogens with zero attached hydrogens (tertiary/aromatic N) is 2. The molecule has 1 aromatic carbocycles. The molecular formula is C14H9F3N2O5. The first-order valence-corrected chi connectivity index (χ1v) is 6.31. The minimum absolute atomic E-state index is 0.188. The molecule has 0 aliphatic rings. The zero-order chi connectivity index (χ0) is 17.9. The van der Waals surface area contributed by atoms with E-state index in [0.29, 0.717) is 12.1 Å². The lowest BCUT2D eigenvalue weighted by atomic mass is 10.2. The Labute approximate surface area is 132 Å². The fourth-order valence-corrected chi connectivity index (χ4v) is 1.76. The maximum atomic E-state index is 12.7. The highest BCUT2D eigenvalue weighted by Gasteiger charge is 2.33. The van der Waals surface area contributed by atoms with Crippen molar-refractivity contribution in [2.45, 2.75) is 6.18 Å². The van der Waals surface area contributed by atoms with Gasteiger partial charge in [0.1, 0.15) is 0 Å². The standard InChI is InChI=1S/C14H9F3N2O5/c1-23-13(20)12-11(3-2-6-18-12)24-10-5-4-8(14(15,16)17)7-9(10)19(21)22/h2-7H,1H3. The van der Waals surface area contributed by atoms with E-state index in [-0.39, 0.29) is 11.4 Å². The number of hydrogen-bond donors (Lipinski definition) is 0. The van der Waals surface area contributed by atoms with E-state index < -0.39 is 34.1 Å². The summed E-state index contributed by atoms with van der Waals surface area (Å²) in [4.78, 5) is 25.3. The van der Waals surface area contributed by atoms with Crippen LogP contribution in [-0.4, -0.2) is 23.0 Å².